The van der Waals surface area contributed by atoms with Crippen LogP contribution in [0.25, 0.3) is 17.2 Å². The molecule has 3 heterocycles. The van der Waals surface area contributed by atoms with E-state index in [9.17, 15) is 4.79 Å². The highest BCUT2D eigenvalue weighted by atomic mass is 32.1. The molecule has 1 N–H and O–H groups in total. The molecule has 7 nitrogen and oxygen atoms in total. The van der Waals surface area contributed by atoms with Gasteiger partial charge in [0.1, 0.15) is 0 Å². The van der Waals surface area contributed by atoms with Crippen molar-refractivity contribution in [3.05, 3.63) is 69.1 Å². The molecule has 1 aromatic carbocycles. The monoisotopic (exact) mass is 458 g/mol. The third kappa shape index (κ3) is 4.30. The first-order valence-electron chi connectivity index (χ1n) is 11.1. The van der Waals surface area contributed by atoms with Gasteiger partial charge in [-0.25, -0.2) is 19.6 Å². The molecule has 0 saturated carbocycles. The summed E-state index contributed by atoms with van der Waals surface area (Å²) in [5, 5.41) is 10.2. The largest absolute Gasteiger partial charge is 0.302 e. The van der Waals surface area contributed by atoms with Crippen LogP contribution in [0.4, 0.5) is 5.13 Å². The molecule has 0 unspecified atom stereocenters. The van der Waals surface area contributed by atoms with Crippen molar-refractivity contribution in [2.24, 2.45) is 0 Å². The number of carbonyl (C=O) groups is 1. The second-order valence-corrected chi connectivity index (χ2v) is 9.47. The van der Waals surface area contributed by atoms with Crippen LogP contribution < -0.4 is 5.32 Å². The third-order valence-corrected chi connectivity index (χ3v) is 6.84. The molecular formula is C25H26N6OS. The molecule has 33 heavy (non-hydrogen) atoms. The average molecular weight is 459 g/mol. The SMILES string of the molecule is Cc1cc(C)nc(-n2nc(C)c(CC(=O)Nc3nc(-c4ccc5c(c4)CCC5)cs3)c2C)n1. The number of aromatic nitrogens is 5. The molecule has 0 spiro atoms. The van der Waals surface area contributed by atoms with Crippen molar-refractivity contribution in [1.29, 1.82) is 0 Å². The maximum absolute atomic E-state index is 12.8. The van der Waals surface area contributed by atoms with Gasteiger partial charge in [-0.15, -0.1) is 11.3 Å². The van der Waals surface area contributed by atoms with Gasteiger partial charge in [-0.1, -0.05) is 12.1 Å². The Kier molecular flexibility index (Phi) is 5.54. The number of hydrogen-bond acceptors (Lipinski definition) is 6. The number of aryl methyl sites for hydroxylation is 5. The summed E-state index contributed by atoms with van der Waals surface area (Å²) in [7, 11) is 0. The first-order valence-corrected chi connectivity index (χ1v) is 12.0. The molecule has 3 aromatic heterocycles. The van der Waals surface area contributed by atoms with Gasteiger partial charge in [-0.05, 0) is 70.2 Å². The summed E-state index contributed by atoms with van der Waals surface area (Å²) in [5.74, 6) is 0.413. The van der Waals surface area contributed by atoms with Crippen LogP contribution in [0.1, 0.15) is 45.9 Å². The van der Waals surface area contributed by atoms with E-state index in [0.29, 0.717) is 11.1 Å². The lowest BCUT2D eigenvalue weighted by Crippen LogP contribution is -2.15. The zero-order valence-corrected chi connectivity index (χ0v) is 20.1. The quantitative estimate of drug-likeness (QED) is 0.469. The number of fused-ring (bicyclic) bond motifs is 1. The minimum absolute atomic E-state index is 0.114. The lowest BCUT2D eigenvalue weighted by Gasteiger charge is -2.06. The fourth-order valence-electron chi connectivity index (χ4n) is 4.45. The van der Waals surface area contributed by atoms with E-state index < -0.39 is 0 Å². The minimum Gasteiger partial charge on any atom is -0.302 e. The molecule has 1 aliphatic rings. The van der Waals surface area contributed by atoms with Crippen LogP contribution in [-0.2, 0) is 24.1 Å². The summed E-state index contributed by atoms with van der Waals surface area (Å²) in [5.41, 5.74) is 9.17. The highest BCUT2D eigenvalue weighted by Gasteiger charge is 2.19. The zero-order chi connectivity index (χ0) is 23.1. The second-order valence-electron chi connectivity index (χ2n) is 8.61. The van der Waals surface area contributed by atoms with Crippen molar-refractivity contribution in [2.75, 3.05) is 5.32 Å². The Morgan fingerprint density at radius 1 is 1.03 bits per heavy atom. The van der Waals surface area contributed by atoms with Gasteiger partial charge in [0.15, 0.2) is 5.13 Å². The molecule has 5 rings (SSSR count). The predicted molar refractivity (Wildman–Crippen MR) is 130 cm³/mol. The molecule has 0 aliphatic heterocycles. The van der Waals surface area contributed by atoms with Gasteiger partial charge in [0.25, 0.3) is 5.95 Å². The summed E-state index contributed by atoms with van der Waals surface area (Å²) in [4.78, 5) is 26.5. The van der Waals surface area contributed by atoms with E-state index in [1.54, 1.807) is 4.68 Å². The molecule has 0 radical (unpaired) electrons. The van der Waals surface area contributed by atoms with Crippen LogP contribution in [0.15, 0.2) is 29.6 Å². The summed E-state index contributed by atoms with van der Waals surface area (Å²) in [6.07, 6.45) is 3.74. The fourth-order valence-corrected chi connectivity index (χ4v) is 5.18. The highest BCUT2D eigenvalue weighted by molar-refractivity contribution is 7.14. The standard InChI is InChI=1S/C25H26N6OS/c1-14-10-15(2)27-24(26-14)31-17(4)21(16(3)30-31)12-23(32)29-25-28-22(13-33-25)20-9-8-18-6-5-7-19(18)11-20/h8-11,13H,5-7,12H2,1-4H3,(H,28,29,32). The van der Waals surface area contributed by atoms with Gasteiger partial charge in [0.2, 0.25) is 5.91 Å². The van der Waals surface area contributed by atoms with Crippen molar-refractivity contribution in [2.45, 2.75) is 53.4 Å². The molecule has 0 atom stereocenters. The molecule has 1 amide bonds. The second kappa shape index (κ2) is 8.51. The van der Waals surface area contributed by atoms with Crippen molar-refractivity contribution in [3.8, 4) is 17.2 Å². The van der Waals surface area contributed by atoms with Crippen LogP contribution in [0.2, 0.25) is 0 Å². The zero-order valence-electron chi connectivity index (χ0n) is 19.3. The van der Waals surface area contributed by atoms with E-state index in [1.165, 1.54) is 35.3 Å². The third-order valence-electron chi connectivity index (χ3n) is 6.08. The molecule has 8 heteroatoms. The van der Waals surface area contributed by atoms with Gasteiger partial charge in [0.05, 0.1) is 17.8 Å². The maximum Gasteiger partial charge on any atom is 0.251 e. The van der Waals surface area contributed by atoms with E-state index in [0.717, 1.165) is 46.0 Å². The molecule has 1 aliphatic carbocycles. The Hall–Kier alpha value is -3.39. The Labute approximate surface area is 196 Å². The predicted octanol–water partition coefficient (Wildman–Crippen LogP) is 4.69. The first-order chi connectivity index (χ1) is 15.9. The smallest absolute Gasteiger partial charge is 0.251 e. The van der Waals surface area contributed by atoms with Gasteiger partial charge >= 0.3 is 0 Å². The Morgan fingerprint density at radius 3 is 2.58 bits per heavy atom. The van der Waals surface area contributed by atoms with Crippen LogP contribution in [0, 0.1) is 27.7 Å². The summed E-state index contributed by atoms with van der Waals surface area (Å²) in [6.45, 7) is 7.72. The summed E-state index contributed by atoms with van der Waals surface area (Å²) >= 11 is 1.45. The number of carbonyl (C=O) groups excluding carboxylic acids is 1. The number of anilines is 1. The van der Waals surface area contributed by atoms with E-state index in [-0.39, 0.29) is 12.3 Å². The maximum atomic E-state index is 12.8. The van der Waals surface area contributed by atoms with Gasteiger partial charge in [-0.2, -0.15) is 5.10 Å². The van der Waals surface area contributed by atoms with Gasteiger partial charge in [-0.3, -0.25) is 4.79 Å². The minimum atomic E-state index is -0.114. The van der Waals surface area contributed by atoms with Crippen LogP contribution in [-0.4, -0.2) is 30.6 Å². The average Bonchev–Trinajstić information content (AvgIpc) is 3.48. The van der Waals surface area contributed by atoms with E-state index >= 15 is 0 Å². The number of benzene rings is 1. The highest BCUT2D eigenvalue weighted by Crippen LogP contribution is 2.30. The van der Waals surface area contributed by atoms with E-state index in [4.69, 9.17) is 0 Å². The molecule has 168 valence electrons. The summed E-state index contributed by atoms with van der Waals surface area (Å²) in [6, 6.07) is 8.49. The van der Waals surface area contributed by atoms with E-state index in [2.05, 4.69) is 43.6 Å². The fraction of sp³-hybridized carbons (Fsp3) is 0.320. The summed E-state index contributed by atoms with van der Waals surface area (Å²) < 4.78 is 1.72. The van der Waals surface area contributed by atoms with Crippen molar-refractivity contribution in [3.63, 3.8) is 0 Å². The molecule has 0 bridgehead atoms. The number of hydrogen-bond donors (Lipinski definition) is 1. The number of nitrogens with zero attached hydrogens (tertiary/aromatic N) is 5. The van der Waals surface area contributed by atoms with Crippen LogP contribution in [0.5, 0.6) is 0 Å². The lowest BCUT2D eigenvalue weighted by atomic mass is 10.1. The van der Waals surface area contributed by atoms with Gasteiger partial charge in [0, 0.05) is 33.6 Å². The van der Waals surface area contributed by atoms with Gasteiger partial charge < -0.3 is 5.32 Å². The van der Waals surface area contributed by atoms with E-state index in [1.807, 2.05) is 39.1 Å². The Morgan fingerprint density at radius 2 is 1.79 bits per heavy atom. The molecule has 0 saturated heterocycles. The lowest BCUT2D eigenvalue weighted by molar-refractivity contribution is -0.115. The first kappa shape index (κ1) is 21.5. The normalized spacial score (nSPS) is 12.7. The van der Waals surface area contributed by atoms with Crippen molar-refractivity contribution in [1.82, 2.24) is 24.7 Å². The topological polar surface area (TPSA) is 85.6 Å². The molecule has 0 fully saturated rings. The number of nitrogens with one attached hydrogen (secondary N) is 1. The van der Waals surface area contributed by atoms with Crippen molar-refractivity contribution >= 4 is 22.4 Å². The van der Waals surface area contributed by atoms with Crippen molar-refractivity contribution < 1.29 is 4.79 Å². The van der Waals surface area contributed by atoms with Crippen LogP contribution in [0.3, 0.4) is 0 Å². The molecular weight excluding hydrogens is 432 g/mol. The number of rotatable bonds is 5. The Bertz CT molecular complexity index is 1350. The van der Waals surface area contributed by atoms with Crippen LogP contribution >= 0.6 is 11.3 Å². The number of amides is 1. The Balaban J connectivity index is 1.31. The number of thiazole rings is 1. The molecule has 4 aromatic rings.